The van der Waals surface area contributed by atoms with Crippen molar-refractivity contribution in [2.45, 2.75) is 62.7 Å². The topological polar surface area (TPSA) is 284 Å². The average Bonchev–Trinajstić information content (AvgIpc) is 2.77. The van der Waals surface area contributed by atoms with Crippen molar-refractivity contribution in [3.8, 4) is 0 Å². The maximum absolute atomic E-state index is 12.9. The Bertz CT molecular complexity index is 763. The summed E-state index contributed by atoms with van der Waals surface area (Å²) >= 11 is 3.85. The van der Waals surface area contributed by atoms with Gasteiger partial charge in [-0.25, -0.2) is 4.79 Å². The van der Waals surface area contributed by atoms with Crippen LogP contribution in [-0.2, 0) is 24.0 Å². The van der Waals surface area contributed by atoms with Gasteiger partial charge in [0.25, 0.3) is 0 Å². The van der Waals surface area contributed by atoms with Crippen molar-refractivity contribution in [3.05, 3.63) is 0 Å². The molecule has 0 bridgehead atoms. The Labute approximate surface area is 208 Å². The van der Waals surface area contributed by atoms with Crippen molar-refractivity contribution in [1.29, 1.82) is 0 Å². The van der Waals surface area contributed by atoms with Crippen molar-refractivity contribution in [2.75, 3.05) is 18.8 Å². The highest BCUT2D eigenvalue weighted by atomic mass is 32.1. The smallest absolute Gasteiger partial charge is 0.327 e. The number of nitrogens with zero attached hydrogens (tertiary/aromatic N) is 1. The molecule has 0 aliphatic heterocycles. The van der Waals surface area contributed by atoms with E-state index in [1.807, 2.05) is 0 Å². The van der Waals surface area contributed by atoms with E-state index in [-0.39, 0.29) is 31.1 Å². The van der Waals surface area contributed by atoms with Gasteiger partial charge >= 0.3 is 5.97 Å². The van der Waals surface area contributed by atoms with Crippen LogP contribution in [0.25, 0.3) is 0 Å². The van der Waals surface area contributed by atoms with Crippen LogP contribution in [0.2, 0.25) is 0 Å². The van der Waals surface area contributed by atoms with Crippen LogP contribution >= 0.6 is 12.6 Å². The van der Waals surface area contributed by atoms with Gasteiger partial charge in [-0.1, -0.05) is 0 Å². The van der Waals surface area contributed by atoms with Gasteiger partial charge in [-0.3, -0.25) is 24.2 Å². The number of nitrogens with two attached hydrogens (primary N) is 5. The number of aliphatic imine (C=N–C) groups is 1. The Balaban J connectivity index is 5.35. The fraction of sp³-hybridized carbons (Fsp3) is 0.684. The molecule has 0 saturated heterocycles. The number of unbranched alkanes of at least 4 members (excludes halogenated alkanes) is 1. The number of carboxylic acids is 1. The van der Waals surface area contributed by atoms with Gasteiger partial charge in [-0.2, -0.15) is 12.6 Å². The molecule has 14 N–H and O–H groups in total. The monoisotopic (exact) mass is 519 g/mol. The summed E-state index contributed by atoms with van der Waals surface area (Å²) in [5, 5.41) is 16.2. The number of thiol groups is 1. The summed E-state index contributed by atoms with van der Waals surface area (Å²) in [6.07, 6.45) is 1.29. The number of hydrogen-bond acceptors (Lipinski definition) is 9. The van der Waals surface area contributed by atoms with Gasteiger partial charge in [0.1, 0.15) is 18.1 Å². The minimum Gasteiger partial charge on any atom is -0.480 e. The number of amides is 4. The van der Waals surface area contributed by atoms with E-state index in [9.17, 15) is 24.0 Å². The van der Waals surface area contributed by atoms with Crippen LogP contribution in [-0.4, -0.2) is 83.7 Å². The normalized spacial score (nSPS) is 14.0. The fourth-order valence-corrected chi connectivity index (χ4v) is 3.08. The fourth-order valence-electron chi connectivity index (χ4n) is 2.83. The van der Waals surface area contributed by atoms with E-state index < -0.39 is 60.2 Å². The molecule has 0 saturated carbocycles. The molecule has 0 aliphatic carbocycles. The molecule has 0 aromatic carbocycles. The van der Waals surface area contributed by atoms with Gasteiger partial charge in [0.15, 0.2) is 5.96 Å². The van der Waals surface area contributed by atoms with Crippen molar-refractivity contribution in [3.63, 3.8) is 0 Å². The molecule has 35 heavy (non-hydrogen) atoms. The predicted molar refractivity (Wildman–Crippen MR) is 132 cm³/mol. The first-order valence-corrected chi connectivity index (χ1v) is 11.6. The third-order valence-corrected chi connectivity index (χ3v) is 5.08. The quantitative estimate of drug-likeness (QED) is 0.0361. The van der Waals surface area contributed by atoms with E-state index in [0.717, 1.165) is 0 Å². The van der Waals surface area contributed by atoms with E-state index >= 15 is 0 Å². The second-order valence-electron chi connectivity index (χ2n) is 7.71. The van der Waals surface area contributed by atoms with Crippen LogP contribution in [0, 0.1) is 0 Å². The highest BCUT2D eigenvalue weighted by Crippen LogP contribution is 2.05. The molecule has 16 heteroatoms. The minimum absolute atomic E-state index is 0.0849. The first-order valence-electron chi connectivity index (χ1n) is 11.0. The Morgan fingerprint density at radius 2 is 1.40 bits per heavy atom. The van der Waals surface area contributed by atoms with Crippen LogP contribution in [0.15, 0.2) is 4.99 Å². The molecule has 0 radical (unpaired) electrons. The molecule has 0 aromatic rings. The zero-order valence-corrected chi connectivity index (χ0v) is 20.3. The first kappa shape index (κ1) is 31.9. The number of aliphatic carboxylic acids is 1. The Morgan fingerprint density at radius 1 is 0.829 bits per heavy atom. The lowest BCUT2D eigenvalue weighted by Gasteiger charge is -2.24. The number of carbonyl (C=O) groups is 5. The molecule has 0 spiro atoms. The molecule has 4 unspecified atom stereocenters. The highest BCUT2D eigenvalue weighted by Gasteiger charge is 2.30. The van der Waals surface area contributed by atoms with Gasteiger partial charge in [0.2, 0.25) is 23.6 Å². The molecule has 15 nitrogen and oxygen atoms in total. The number of rotatable bonds is 18. The molecule has 4 amide bonds. The summed E-state index contributed by atoms with van der Waals surface area (Å²) in [4.78, 5) is 64.3. The SMILES string of the molecule is NCCCCC(NC(=O)C(N)CCCN=C(N)N)C(=O)NC(CC(N)=O)C(=O)NC(CS)C(=O)O. The zero-order chi connectivity index (χ0) is 27.0. The van der Waals surface area contributed by atoms with Gasteiger partial charge in [0.05, 0.1) is 12.5 Å². The largest absolute Gasteiger partial charge is 0.480 e. The number of nitrogens with one attached hydrogen (secondary N) is 3. The Kier molecular flexibility index (Phi) is 15.8. The number of hydrogen-bond donors (Lipinski definition) is 10. The van der Waals surface area contributed by atoms with Crippen LogP contribution in [0.4, 0.5) is 0 Å². The lowest BCUT2D eigenvalue weighted by atomic mass is 10.1. The highest BCUT2D eigenvalue weighted by molar-refractivity contribution is 7.80. The standard InChI is InChI=1S/C19H37N9O6S/c20-6-2-1-5-11(26-15(30)10(21)4-3-7-25-19(23)24)16(31)27-12(8-14(22)29)17(32)28-13(9-35)18(33)34/h10-13,35H,1-9,20-21H2,(H2,22,29)(H,26,30)(H,27,31)(H,28,32)(H,33,34)(H4,23,24,25). The second-order valence-corrected chi connectivity index (χ2v) is 8.08. The molecular formula is C19H37N9O6S. The summed E-state index contributed by atoms with van der Waals surface area (Å²) in [5.74, 6) is -4.90. The molecule has 200 valence electrons. The lowest BCUT2D eigenvalue weighted by Crippen LogP contribution is -2.58. The maximum Gasteiger partial charge on any atom is 0.327 e. The predicted octanol–water partition coefficient (Wildman–Crippen LogP) is -4.16. The summed E-state index contributed by atoms with van der Waals surface area (Å²) in [7, 11) is 0. The van der Waals surface area contributed by atoms with Crippen molar-refractivity contribution >= 4 is 48.2 Å². The van der Waals surface area contributed by atoms with E-state index in [4.69, 9.17) is 33.8 Å². The molecule has 0 heterocycles. The summed E-state index contributed by atoms with van der Waals surface area (Å²) in [5.41, 5.74) is 27.0. The zero-order valence-electron chi connectivity index (χ0n) is 19.4. The van der Waals surface area contributed by atoms with E-state index in [1.54, 1.807) is 0 Å². The van der Waals surface area contributed by atoms with Gasteiger partial charge in [-0.05, 0) is 38.6 Å². The van der Waals surface area contributed by atoms with Gasteiger partial charge in [-0.15, -0.1) is 0 Å². The third kappa shape index (κ3) is 14.0. The van der Waals surface area contributed by atoms with Crippen LogP contribution < -0.4 is 44.6 Å². The molecule has 4 atom stereocenters. The van der Waals surface area contributed by atoms with Crippen molar-refractivity contribution in [2.24, 2.45) is 33.7 Å². The Morgan fingerprint density at radius 3 is 1.91 bits per heavy atom. The number of primary amides is 1. The van der Waals surface area contributed by atoms with Gasteiger partial charge in [0, 0.05) is 12.3 Å². The lowest BCUT2D eigenvalue weighted by molar-refractivity contribution is -0.141. The summed E-state index contributed by atoms with van der Waals surface area (Å²) in [6, 6.07) is -4.87. The molecule has 0 aliphatic rings. The van der Waals surface area contributed by atoms with E-state index in [1.165, 1.54) is 0 Å². The van der Waals surface area contributed by atoms with Crippen LogP contribution in [0.5, 0.6) is 0 Å². The average molecular weight is 520 g/mol. The summed E-state index contributed by atoms with van der Waals surface area (Å²) < 4.78 is 0. The first-order chi connectivity index (χ1) is 16.4. The number of carbonyl (C=O) groups excluding carboxylic acids is 4. The van der Waals surface area contributed by atoms with E-state index in [2.05, 4.69) is 33.6 Å². The van der Waals surface area contributed by atoms with Gasteiger partial charge < -0.3 is 49.7 Å². The van der Waals surface area contributed by atoms with Crippen molar-refractivity contribution < 1.29 is 29.1 Å². The third-order valence-electron chi connectivity index (χ3n) is 4.72. The van der Waals surface area contributed by atoms with Crippen LogP contribution in [0.1, 0.15) is 38.5 Å². The maximum atomic E-state index is 12.9. The minimum atomic E-state index is -1.47. The molecule has 0 aromatic heterocycles. The van der Waals surface area contributed by atoms with Crippen LogP contribution in [0.3, 0.4) is 0 Å². The second kappa shape index (κ2) is 17.3. The summed E-state index contributed by atoms with van der Waals surface area (Å²) in [6.45, 7) is 0.636. The Hall–Kier alpha value is -3.11. The molecule has 0 rings (SSSR count). The van der Waals surface area contributed by atoms with Crippen molar-refractivity contribution in [1.82, 2.24) is 16.0 Å². The number of guanidine groups is 1. The molecular weight excluding hydrogens is 482 g/mol. The molecule has 0 fully saturated rings. The van der Waals surface area contributed by atoms with E-state index in [0.29, 0.717) is 25.8 Å². The number of carboxylic acid groups (broad SMARTS) is 1.